The zero-order chi connectivity index (χ0) is 9.99. The van der Waals surface area contributed by atoms with Crippen LogP contribution in [0.5, 0.6) is 0 Å². The third-order valence-electron chi connectivity index (χ3n) is 0.736. The molecule has 0 radical (unpaired) electrons. The first-order valence-corrected chi connectivity index (χ1v) is 5.17. The fourth-order valence-corrected chi connectivity index (χ4v) is 1.48. The highest BCUT2D eigenvalue weighted by atomic mass is 32.2. The topological polar surface area (TPSA) is 80.3 Å². The van der Waals surface area contributed by atoms with Crippen molar-refractivity contribution < 1.29 is 30.0 Å². The van der Waals surface area contributed by atoms with Crippen LogP contribution in [-0.4, -0.2) is 28.2 Å². The molecule has 0 fully saturated rings. The molecule has 0 aromatic rings. The average Bonchev–Trinajstić information content (AvgIpc) is 1.81. The van der Waals surface area contributed by atoms with Crippen LogP contribution in [0.25, 0.3) is 0 Å². The van der Waals surface area contributed by atoms with Crippen LogP contribution < -0.4 is 4.72 Å². The largest absolute Gasteiger partial charge is 0.498 e. The van der Waals surface area contributed by atoms with Gasteiger partial charge in [-0.05, 0) is 0 Å². The number of halogens is 3. The predicted molar refractivity (Wildman–Crippen MR) is 33.3 cm³/mol. The summed E-state index contributed by atoms with van der Waals surface area (Å²) in [6.07, 6.45) is 0. The van der Waals surface area contributed by atoms with Gasteiger partial charge in [0.1, 0.15) is 5.88 Å². The summed E-state index contributed by atoms with van der Waals surface area (Å²) in [5.41, 5.74) is -5.43. The summed E-state index contributed by atoms with van der Waals surface area (Å²) in [5.74, 6) is -1.66. The van der Waals surface area contributed by atoms with E-state index in [1.54, 1.807) is 0 Å². The lowest BCUT2D eigenvalue weighted by atomic mass is 11.5. The Morgan fingerprint density at radius 3 is 1.92 bits per heavy atom. The van der Waals surface area contributed by atoms with Crippen LogP contribution in [0.15, 0.2) is 0 Å². The summed E-state index contributed by atoms with van der Waals surface area (Å²) in [7, 11) is -8.73. The van der Waals surface area contributed by atoms with Crippen molar-refractivity contribution in [3.05, 3.63) is 0 Å². The molecule has 0 rings (SSSR count). The molecule has 0 aliphatic carbocycles. The first-order chi connectivity index (χ1) is 5.17. The predicted octanol–water partition coefficient (Wildman–Crippen LogP) is -1.01. The number of alkyl halides is 3. The van der Waals surface area contributed by atoms with Crippen molar-refractivity contribution in [1.29, 1.82) is 0 Å². The van der Waals surface area contributed by atoms with E-state index in [9.17, 15) is 30.0 Å². The maximum Gasteiger partial charge on any atom is 0.498 e. The molecule has 0 aromatic carbocycles. The molecule has 5 nitrogen and oxygen atoms in total. The summed E-state index contributed by atoms with van der Waals surface area (Å²) in [6, 6.07) is 0. The summed E-state index contributed by atoms with van der Waals surface area (Å²) < 4.78 is 75.1. The highest BCUT2D eigenvalue weighted by Gasteiger charge is 2.45. The third kappa shape index (κ3) is 3.36. The van der Waals surface area contributed by atoms with Gasteiger partial charge in [-0.1, -0.05) is 0 Å². The van der Waals surface area contributed by atoms with Crippen LogP contribution in [0.2, 0.25) is 0 Å². The maximum absolute atomic E-state index is 11.5. The van der Waals surface area contributed by atoms with Gasteiger partial charge in [0.2, 0.25) is 10.9 Å². The normalized spacial score (nSPS) is 13.7. The zero-order valence-electron chi connectivity index (χ0n) is 5.33. The van der Waals surface area contributed by atoms with Crippen LogP contribution in [0.4, 0.5) is 13.2 Å². The number of hydrogen-bond acceptors (Lipinski definition) is 4. The fourth-order valence-electron chi connectivity index (χ4n) is 0.220. The van der Waals surface area contributed by atoms with Gasteiger partial charge in [0, 0.05) is 0 Å². The first kappa shape index (κ1) is 11.6. The van der Waals surface area contributed by atoms with Gasteiger partial charge in [-0.15, -0.1) is 0 Å². The summed E-state index contributed by atoms with van der Waals surface area (Å²) in [5, 5.41) is 0. The van der Waals surface area contributed by atoms with E-state index in [0.29, 0.717) is 0 Å². The molecule has 0 saturated carbocycles. The minimum atomic E-state index is -5.43. The van der Waals surface area contributed by atoms with E-state index in [2.05, 4.69) is 0 Å². The highest BCUT2D eigenvalue weighted by Crippen LogP contribution is 2.22. The SMILES string of the molecule is O=[SH](=O)NCS(=O)(=O)C(F)(F)F. The second kappa shape index (κ2) is 3.58. The smallest absolute Gasteiger partial charge is 0.218 e. The van der Waals surface area contributed by atoms with Crippen LogP contribution in [-0.2, 0) is 20.7 Å². The summed E-state index contributed by atoms with van der Waals surface area (Å²) in [4.78, 5) is 0. The molecule has 0 heterocycles. The Morgan fingerprint density at radius 2 is 1.67 bits per heavy atom. The zero-order valence-corrected chi connectivity index (χ0v) is 7.04. The standard InChI is InChI=1S/C2H4F3NO4S2/c3-2(4,5)12(9,10)1-6-11(7)8/h11H,1H2,(H,6,7,8). The van der Waals surface area contributed by atoms with Crippen LogP contribution >= 0.6 is 0 Å². The maximum atomic E-state index is 11.5. The monoisotopic (exact) mass is 227 g/mol. The number of rotatable bonds is 3. The molecular formula is C2H4F3NO4S2. The van der Waals surface area contributed by atoms with Gasteiger partial charge < -0.3 is 0 Å². The van der Waals surface area contributed by atoms with Crippen molar-refractivity contribution >= 4 is 20.7 Å². The first-order valence-electron chi connectivity index (χ1n) is 2.34. The average molecular weight is 227 g/mol. The lowest BCUT2D eigenvalue weighted by Crippen LogP contribution is -2.32. The van der Waals surface area contributed by atoms with E-state index in [0.717, 1.165) is 4.72 Å². The van der Waals surface area contributed by atoms with Crippen LogP contribution in [0.3, 0.4) is 0 Å². The van der Waals surface area contributed by atoms with Crippen LogP contribution in [0, 0.1) is 0 Å². The second-order valence-corrected chi connectivity index (χ2v) is 4.43. The lowest BCUT2D eigenvalue weighted by Gasteiger charge is -2.05. The molecule has 10 heteroatoms. The molecule has 0 aliphatic heterocycles. The molecule has 0 spiro atoms. The van der Waals surface area contributed by atoms with Gasteiger partial charge in [-0.3, -0.25) is 0 Å². The van der Waals surface area contributed by atoms with Gasteiger partial charge in [-0.2, -0.15) is 13.2 Å². The number of thiol groups is 1. The van der Waals surface area contributed by atoms with Gasteiger partial charge in [0.25, 0.3) is 9.84 Å². The number of sulfone groups is 1. The van der Waals surface area contributed by atoms with Gasteiger partial charge in [0.05, 0.1) is 0 Å². The Bertz CT molecular complexity index is 306. The lowest BCUT2D eigenvalue weighted by molar-refractivity contribution is -0.0435. The molecule has 1 N–H and O–H groups in total. The number of hydrogen-bond donors (Lipinski definition) is 2. The van der Waals surface area contributed by atoms with E-state index in [1.807, 2.05) is 0 Å². The number of nitrogens with one attached hydrogen (secondary N) is 1. The molecule has 0 amide bonds. The van der Waals surface area contributed by atoms with E-state index in [-0.39, 0.29) is 0 Å². The molecule has 0 unspecified atom stereocenters. The summed E-state index contributed by atoms with van der Waals surface area (Å²) in [6.45, 7) is 0. The van der Waals surface area contributed by atoms with Crippen LogP contribution in [0.1, 0.15) is 0 Å². The van der Waals surface area contributed by atoms with Gasteiger partial charge in [-0.25, -0.2) is 21.6 Å². The van der Waals surface area contributed by atoms with Crippen molar-refractivity contribution in [2.24, 2.45) is 0 Å². The fraction of sp³-hybridized carbons (Fsp3) is 1.00. The molecule has 0 aliphatic rings. The van der Waals surface area contributed by atoms with Crippen molar-refractivity contribution in [1.82, 2.24) is 4.72 Å². The Balaban J connectivity index is 4.47. The Hall–Kier alpha value is -0.350. The minimum Gasteiger partial charge on any atom is -0.218 e. The molecule has 12 heavy (non-hydrogen) atoms. The van der Waals surface area contributed by atoms with Gasteiger partial charge >= 0.3 is 5.51 Å². The van der Waals surface area contributed by atoms with E-state index in [4.69, 9.17) is 0 Å². The summed E-state index contributed by atoms with van der Waals surface area (Å²) >= 11 is 0. The van der Waals surface area contributed by atoms with Crippen molar-refractivity contribution in [2.45, 2.75) is 5.51 Å². The van der Waals surface area contributed by atoms with Gasteiger partial charge in [0.15, 0.2) is 0 Å². The van der Waals surface area contributed by atoms with Crippen molar-refractivity contribution in [3.63, 3.8) is 0 Å². The molecule has 0 bridgehead atoms. The third-order valence-corrected chi connectivity index (χ3v) is 2.60. The Labute approximate surface area is 67.6 Å². The van der Waals surface area contributed by atoms with Crippen molar-refractivity contribution in [2.75, 3.05) is 5.88 Å². The quantitative estimate of drug-likeness (QED) is 0.606. The van der Waals surface area contributed by atoms with Crippen molar-refractivity contribution in [3.8, 4) is 0 Å². The second-order valence-electron chi connectivity index (χ2n) is 1.62. The molecule has 0 aromatic heterocycles. The molecule has 74 valence electrons. The Kier molecular flexibility index (Phi) is 3.47. The van der Waals surface area contributed by atoms with E-state index >= 15 is 0 Å². The highest BCUT2D eigenvalue weighted by molar-refractivity contribution is 7.92. The molecular weight excluding hydrogens is 223 g/mol. The minimum absolute atomic E-state index is 1.14. The van der Waals surface area contributed by atoms with E-state index in [1.165, 1.54) is 0 Å². The Morgan fingerprint density at radius 1 is 1.25 bits per heavy atom. The molecule has 0 atom stereocenters. The van der Waals surface area contributed by atoms with E-state index < -0.39 is 32.1 Å². The molecule has 0 saturated heterocycles.